The first kappa shape index (κ1) is 12.5. The average molecular weight is 225 g/mol. The summed E-state index contributed by atoms with van der Waals surface area (Å²) >= 11 is 0. The number of aryl methyl sites for hydroxylation is 1. The Morgan fingerprint density at radius 3 is 2.62 bits per heavy atom. The van der Waals surface area contributed by atoms with Gasteiger partial charge in [0.1, 0.15) is 11.9 Å². The van der Waals surface area contributed by atoms with Crippen LogP contribution in [0, 0.1) is 6.92 Å². The zero-order valence-electron chi connectivity index (χ0n) is 8.92. The highest BCUT2D eigenvalue weighted by Crippen LogP contribution is 2.25. The number of amides is 1. The van der Waals surface area contributed by atoms with Crippen LogP contribution in [0.4, 0.5) is 0 Å². The van der Waals surface area contributed by atoms with Gasteiger partial charge in [-0.3, -0.25) is 4.79 Å². The number of nitrogens with two attached hydrogens (primary N) is 1. The van der Waals surface area contributed by atoms with Gasteiger partial charge < -0.3 is 21.1 Å². The number of hydrogen-bond acceptors (Lipinski definition) is 4. The monoisotopic (exact) mass is 225 g/mol. The van der Waals surface area contributed by atoms with Crippen molar-refractivity contribution in [3.8, 4) is 5.75 Å². The first-order chi connectivity index (χ1) is 7.41. The number of phenolic OH excluding ortho intramolecular Hbond substituents is 1. The topological polar surface area (TPSA) is 104 Å². The average Bonchev–Trinajstić information content (AvgIpc) is 2.19. The smallest absolute Gasteiger partial charge is 0.220 e. The van der Waals surface area contributed by atoms with E-state index in [4.69, 9.17) is 5.73 Å². The van der Waals surface area contributed by atoms with Gasteiger partial charge in [0.05, 0.1) is 12.5 Å². The maximum Gasteiger partial charge on any atom is 0.220 e. The van der Waals surface area contributed by atoms with Crippen LogP contribution in [0.15, 0.2) is 18.2 Å². The second kappa shape index (κ2) is 4.96. The van der Waals surface area contributed by atoms with Crippen molar-refractivity contribution in [2.75, 3.05) is 0 Å². The highest BCUT2D eigenvalue weighted by Gasteiger charge is 2.22. The standard InChI is InChI=1S/C11H15NO4/c1-6-2-3-7(13)4-8(6)11(16)9(14)5-10(12)15/h2-4,9,11,13-14,16H,5H2,1H3,(H2,12,15). The second-order valence-electron chi connectivity index (χ2n) is 3.72. The zero-order chi connectivity index (χ0) is 12.3. The van der Waals surface area contributed by atoms with Gasteiger partial charge in [0, 0.05) is 0 Å². The van der Waals surface area contributed by atoms with Crippen molar-refractivity contribution < 1.29 is 20.1 Å². The quantitative estimate of drug-likeness (QED) is 0.577. The van der Waals surface area contributed by atoms with Gasteiger partial charge in [-0.05, 0) is 30.2 Å². The minimum absolute atomic E-state index is 0.00840. The Morgan fingerprint density at radius 2 is 2.06 bits per heavy atom. The molecule has 1 aromatic carbocycles. The van der Waals surface area contributed by atoms with Crippen LogP contribution in [0.25, 0.3) is 0 Å². The minimum Gasteiger partial charge on any atom is -0.508 e. The van der Waals surface area contributed by atoms with Gasteiger partial charge in [-0.25, -0.2) is 0 Å². The molecule has 1 rings (SSSR count). The molecular weight excluding hydrogens is 210 g/mol. The summed E-state index contributed by atoms with van der Waals surface area (Å²) in [5.74, 6) is -0.699. The predicted octanol–water partition coefficient (Wildman–Crippen LogP) is -0.0297. The van der Waals surface area contributed by atoms with E-state index in [1.165, 1.54) is 12.1 Å². The molecule has 88 valence electrons. The van der Waals surface area contributed by atoms with E-state index in [1.807, 2.05) is 0 Å². The number of benzene rings is 1. The molecule has 0 saturated carbocycles. The number of aliphatic hydroxyl groups excluding tert-OH is 2. The van der Waals surface area contributed by atoms with E-state index >= 15 is 0 Å². The summed E-state index contributed by atoms with van der Waals surface area (Å²) in [4.78, 5) is 10.6. The van der Waals surface area contributed by atoms with E-state index in [0.29, 0.717) is 11.1 Å². The molecule has 0 spiro atoms. The predicted molar refractivity (Wildman–Crippen MR) is 57.6 cm³/mol. The summed E-state index contributed by atoms with van der Waals surface area (Å²) in [5, 5.41) is 28.6. The van der Waals surface area contributed by atoms with Crippen LogP contribution in [-0.2, 0) is 4.79 Å². The molecule has 0 fully saturated rings. The van der Waals surface area contributed by atoms with Crippen LogP contribution >= 0.6 is 0 Å². The highest BCUT2D eigenvalue weighted by atomic mass is 16.3. The number of aliphatic hydroxyl groups is 2. The number of aromatic hydroxyl groups is 1. The van der Waals surface area contributed by atoms with Crippen LogP contribution in [0.1, 0.15) is 23.7 Å². The van der Waals surface area contributed by atoms with Crippen molar-refractivity contribution in [3.63, 3.8) is 0 Å². The van der Waals surface area contributed by atoms with Crippen LogP contribution in [0.2, 0.25) is 0 Å². The van der Waals surface area contributed by atoms with Gasteiger partial charge in [-0.15, -0.1) is 0 Å². The van der Waals surface area contributed by atoms with Crippen molar-refractivity contribution in [2.24, 2.45) is 5.73 Å². The molecule has 5 N–H and O–H groups in total. The molecule has 2 unspecified atom stereocenters. The summed E-state index contributed by atoms with van der Waals surface area (Å²) in [6.45, 7) is 1.73. The van der Waals surface area contributed by atoms with Crippen molar-refractivity contribution in [3.05, 3.63) is 29.3 Å². The summed E-state index contributed by atoms with van der Waals surface area (Å²) < 4.78 is 0. The molecule has 0 radical (unpaired) electrons. The molecule has 1 amide bonds. The highest BCUT2D eigenvalue weighted by molar-refractivity contribution is 5.74. The van der Waals surface area contributed by atoms with Crippen LogP contribution in [0.3, 0.4) is 0 Å². The summed E-state index contributed by atoms with van der Waals surface area (Å²) in [7, 11) is 0. The van der Waals surface area contributed by atoms with E-state index in [1.54, 1.807) is 13.0 Å². The van der Waals surface area contributed by atoms with Gasteiger partial charge in [-0.1, -0.05) is 6.07 Å². The van der Waals surface area contributed by atoms with Gasteiger partial charge >= 0.3 is 0 Å². The molecule has 0 saturated heterocycles. The molecule has 5 nitrogen and oxygen atoms in total. The van der Waals surface area contributed by atoms with E-state index < -0.39 is 18.1 Å². The minimum atomic E-state index is -1.27. The lowest BCUT2D eigenvalue weighted by Gasteiger charge is -2.18. The van der Waals surface area contributed by atoms with E-state index in [-0.39, 0.29) is 12.2 Å². The molecule has 2 atom stereocenters. The number of rotatable bonds is 4. The molecule has 0 aliphatic carbocycles. The van der Waals surface area contributed by atoms with E-state index in [2.05, 4.69) is 0 Å². The Kier molecular flexibility index (Phi) is 3.87. The lowest BCUT2D eigenvalue weighted by Crippen LogP contribution is -2.26. The number of carbonyl (C=O) groups is 1. The first-order valence-electron chi connectivity index (χ1n) is 4.85. The Labute approximate surface area is 93.1 Å². The van der Waals surface area contributed by atoms with Gasteiger partial charge in [0.15, 0.2) is 0 Å². The Bertz CT molecular complexity index is 392. The largest absolute Gasteiger partial charge is 0.508 e. The number of phenols is 1. The van der Waals surface area contributed by atoms with Crippen LogP contribution in [0.5, 0.6) is 5.75 Å². The molecule has 0 aliphatic rings. The first-order valence-corrected chi connectivity index (χ1v) is 4.85. The van der Waals surface area contributed by atoms with Crippen molar-refractivity contribution in [1.82, 2.24) is 0 Å². The third kappa shape index (κ3) is 2.95. The number of hydrogen-bond donors (Lipinski definition) is 4. The van der Waals surface area contributed by atoms with Crippen LogP contribution < -0.4 is 5.73 Å². The molecule has 1 aromatic rings. The summed E-state index contributed by atoms with van der Waals surface area (Å²) in [6.07, 6.45) is -2.83. The second-order valence-corrected chi connectivity index (χ2v) is 3.72. The lowest BCUT2D eigenvalue weighted by atomic mass is 9.97. The van der Waals surface area contributed by atoms with E-state index in [0.717, 1.165) is 0 Å². The Hall–Kier alpha value is -1.59. The number of primary amides is 1. The number of carbonyl (C=O) groups excluding carboxylic acids is 1. The molecule has 0 bridgehead atoms. The van der Waals surface area contributed by atoms with Gasteiger partial charge in [-0.2, -0.15) is 0 Å². The van der Waals surface area contributed by atoms with Crippen molar-refractivity contribution in [1.29, 1.82) is 0 Å². The Balaban J connectivity index is 2.90. The molecule has 5 heteroatoms. The fourth-order valence-electron chi connectivity index (χ4n) is 1.47. The van der Waals surface area contributed by atoms with Gasteiger partial charge in [0.25, 0.3) is 0 Å². The third-order valence-corrected chi connectivity index (χ3v) is 2.36. The normalized spacial score (nSPS) is 14.4. The molecule has 0 aliphatic heterocycles. The molecule has 0 aromatic heterocycles. The summed E-state index contributed by atoms with van der Waals surface area (Å²) in [6, 6.07) is 4.45. The fraction of sp³-hybridized carbons (Fsp3) is 0.364. The fourth-order valence-corrected chi connectivity index (χ4v) is 1.47. The molecule has 0 heterocycles. The van der Waals surface area contributed by atoms with E-state index in [9.17, 15) is 20.1 Å². The van der Waals surface area contributed by atoms with Crippen molar-refractivity contribution >= 4 is 5.91 Å². The summed E-state index contributed by atoms with van der Waals surface area (Å²) in [5.41, 5.74) is 6.02. The van der Waals surface area contributed by atoms with Crippen LogP contribution in [-0.4, -0.2) is 27.3 Å². The Morgan fingerprint density at radius 1 is 1.44 bits per heavy atom. The van der Waals surface area contributed by atoms with Gasteiger partial charge in [0.2, 0.25) is 5.91 Å². The molecular formula is C11H15NO4. The molecule has 16 heavy (non-hydrogen) atoms. The third-order valence-electron chi connectivity index (χ3n) is 2.36. The SMILES string of the molecule is Cc1ccc(O)cc1C(O)C(O)CC(N)=O. The maximum absolute atomic E-state index is 10.6. The van der Waals surface area contributed by atoms with Crippen molar-refractivity contribution in [2.45, 2.75) is 25.6 Å². The lowest BCUT2D eigenvalue weighted by molar-refractivity contribution is -0.121. The maximum atomic E-state index is 10.6. The zero-order valence-corrected chi connectivity index (χ0v) is 8.92.